The molecule has 7 aromatic rings. The molecule has 0 amide bonds. The summed E-state index contributed by atoms with van der Waals surface area (Å²) in [5.74, 6) is 0. The maximum absolute atomic E-state index is 6.09. The number of rotatable bonds is 3. The summed E-state index contributed by atoms with van der Waals surface area (Å²) in [5, 5.41) is 8.52. The standard InChI is InChI=1S/C36H24N2O/c1-2-8-26-21-27(18-15-23(26)7-1)24-13-16-25(17-14-24)35-36(38-32-11-5-4-10-31(32)37-35)28-19-20-34-30(22-28)29-9-3-6-12-33(29)39-34/h1-22,36,38H. The number of hydrogen-bond donors (Lipinski definition) is 1. The molecule has 1 aliphatic heterocycles. The highest BCUT2D eigenvalue weighted by molar-refractivity contribution is 6.11. The van der Waals surface area contributed by atoms with E-state index in [2.05, 4.69) is 121 Å². The van der Waals surface area contributed by atoms with E-state index in [-0.39, 0.29) is 6.04 Å². The molecule has 8 rings (SSSR count). The Morgan fingerprint density at radius 3 is 2.18 bits per heavy atom. The second-order valence-electron chi connectivity index (χ2n) is 10.1. The Hall–Kier alpha value is -5.15. The van der Waals surface area contributed by atoms with Gasteiger partial charge in [0.05, 0.1) is 23.1 Å². The molecular formula is C36H24N2O. The van der Waals surface area contributed by atoms with Crippen LogP contribution in [0.3, 0.4) is 0 Å². The molecule has 1 unspecified atom stereocenters. The normalized spacial score (nSPS) is 14.8. The first-order valence-electron chi connectivity index (χ1n) is 13.3. The summed E-state index contributed by atoms with van der Waals surface area (Å²) in [7, 11) is 0. The number of furan rings is 1. The van der Waals surface area contributed by atoms with Crippen LogP contribution >= 0.6 is 0 Å². The molecule has 184 valence electrons. The van der Waals surface area contributed by atoms with Crippen LogP contribution in [0.4, 0.5) is 11.4 Å². The van der Waals surface area contributed by atoms with Gasteiger partial charge < -0.3 is 9.73 Å². The van der Waals surface area contributed by atoms with Gasteiger partial charge in [0.2, 0.25) is 0 Å². The SMILES string of the molecule is c1ccc2c(c1)N=C(c1ccc(-c3ccc4ccccc4c3)cc1)C(c1ccc3oc4ccccc4c3c1)N2. The third kappa shape index (κ3) is 3.71. The van der Waals surface area contributed by atoms with Gasteiger partial charge >= 0.3 is 0 Å². The van der Waals surface area contributed by atoms with Gasteiger partial charge in [0.25, 0.3) is 0 Å². The molecule has 1 N–H and O–H groups in total. The zero-order valence-corrected chi connectivity index (χ0v) is 21.1. The van der Waals surface area contributed by atoms with Gasteiger partial charge in [-0.3, -0.25) is 0 Å². The summed E-state index contributed by atoms with van der Waals surface area (Å²) in [6.45, 7) is 0. The van der Waals surface area contributed by atoms with Crippen molar-refractivity contribution in [3.8, 4) is 11.1 Å². The molecule has 0 aliphatic carbocycles. The van der Waals surface area contributed by atoms with E-state index in [1.54, 1.807) is 0 Å². The van der Waals surface area contributed by atoms with Crippen molar-refractivity contribution < 1.29 is 4.42 Å². The molecule has 0 spiro atoms. The molecule has 0 radical (unpaired) electrons. The summed E-state index contributed by atoms with van der Waals surface area (Å²) in [5.41, 5.74) is 9.46. The molecule has 6 aromatic carbocycles. The topological polar surface area (TPSA) is 37.5 Å². The van der Waals surface area contributed by atoms with Crippen molar-refractivity contribution >= 4 is 49.8 Å². The molecule has 3 nitrogen and oxygen atoms in total. The van der Waals surface area contributed by atoms with Crippen LogP contribution in [-0.4, -0.2) is 5.71 Å². The Morgan fingerprint density at radius 1 is 0.538 bits per heavy atom. The summed E-state index contributed by atoms with van der Waals surface area (Å²) in [4.78, 5) is 5.18. The van der Waals surface area contributed by atoms with Crippen molar-refractivity contribution in [3.63, 3.8) is 0 Å². The first kappa shape index (κ1) is 21.9. The van der Waals surface area contributed by atoms with Gasteiger partial charge in [0.1, 0.15) is 11.2 Å². The number of anilines is 1. The highest BCUT2D eigenvalue weighted by Crippen LogP contribution is 2.39. The zero-order valence-electron chi connectivity index (χ0n) is 21.1. The van der Waals surface area contributed by atoms with E-state index in [0.29, 0.717) is 0 Å². The lowest BCUT2D eigenvalue weighted by atomic mass is 9.92. The first-order chi connectivity index (χ1) is 19.3. The molecule has 1 aromatic heterocycles. The molecule has 1 aliphatic rings. The van der Waals surface area contributed by atoms with Crippen molar-refractivity contribution in [1.29, 1.82) is 0 Å². The molecule has 2 heterocycles. The number of aliphatic imine (C=N–C) groups is 1. The number of hydrogen-bond acceptors (Lipinski definition) is 3. The van der Waals surface area contributed by atoms with Crippen molar-refractivity contribution in [1.82, 2.24) is 0 Å². The van der Waals surface area contributed by atoms with Gasteiger partial charge in [-0.1, -0.05) is 97.1 Å². The van der Waals surface area contributed by atoms with E-state index < -0.39 is 0 Å². The van der Waals surface area contributed by atoms with Gasteiger partial charge in [-0.15, -0.1) is 0 Å². The van der Waals surface area contributed by atoms with Crippen LogP contribution in [0.15, 0.2) is 143 Å². The third-order valence-corrected chi connectivity index (χ3v) is 7.72. The number of nitrogens with zero attached hydrogens (tertiary/aromatic N) is 1. The monoisotopic (exact) mass is 500 g/mol. The molecule has 39 heavy (non-hydrogen) atoms. The predicted octanol–water partition coefficient (Wildman–Crippen LogP) is 9.69. The Kier molecular flexibility index (Phi) is 4.89. The maximum Gasteiger partial charge on any atom is 0.135 e. The Bertz CT molecular complexity index is 2050. The average Bonchev–Trinajstić information content (AvgIpc) is 3.38. The van der Waals surface area contributed by atoms with Crippen molar-refractivity contribution in [2.45, 2.75) is 6.04 Å². The first-order valence-corrected chi connectivity index (χ1v) is 13.3. The summed E-state index contributed by atoms with van der Waals surface area (Å²) in [6.07, 6.45) is 0. The molecule has 0 saturated heterocycles. The number of para-hydroxylation sites is 3. The molecule has 0 fully saturated rings. The highest BCUT2D eigenvalue weighted by atomic mass is 16.3. The van der Waals surface area contributed by atoms with E-state index in [4.69, 9.17) is 9.41 Å². The van der Waals surface area contributed by atoms with Crippen molar-refractivity contribution in [2.24, 2.45) is 4.99 Å². The van der Waals surface area contributed by atoms with Crippen molar-refractivity contribution in [3.05, 3.63) is 145 Å². The Morgan fingerprint density at radius 2 is 1.26 bits per heavy atom. The second-order valence-corrected chi connectivity index (χ2v) is 10.1. The molecule has 0 bridgehead atoms. The van der Waals surface area contributed by atoms with E-state index in [9.17, 15) is 0 Å². The number of nitrogens with one attached hydrogen (secondary N) is 1. The van der Waals surface area contributed by atoms with Crippen LogP contribution in [0, 0.1) is 0 Å². The lowest BCUT2D eigenvalue weighted by molar-refractivity contribution is 0.668. The predicted molar refractivity (Wildman–Crippen MR) is 162 cm³/mol. The maximum atomic E-state index is 6.09. The summed E-state index contributed by atoms with van der Waals surface area (Å²) >= 11 is 0. The second kappa shape index (κ2) is 8.71. The quantitative estimate of drug-likeness (QED) is 0.262. The van der Waals surface area contributed by atoms with E-state index >= 15 is 0 Å². The van der Waals surface area contributed by atoms with Crippen LogP contribution < -0.4 is 5.32 Å². The van der Waals surface area contributed by atoms with Crippen LogP contribution in [0.1, 0.15) is 17.2 Å². The van der Waals surface area contributed by atoms with Crippen molar-refractivity contribution in [2.75, 3.05) is 5.32 Å². The van der Waals surface area contributed by atoms with Gasteiger partial charge in [0, 0.05) is 10.8 Å². The fourth-order valence-corrected chi connectivity index (χ4v) is 5.71. The lowest BCUT2D eigenvalue weighted by Crippen LogP contribution is -2.24. The fraction of sp³-hybridized carbons (Fsp3) is 0.0278. The number of fused-ring (bicyclic) bond motifs is 5. The van der Waals surface area contributed by atoms with Gasteiger partial charge in [-0.2, -0.15) is 0 Å². The minimum absolute atomic E-state index is 0.0931. The van der Waals surface area contributed by atoms with E-state index in [1.165, 1.54) is 21.9 Å². The van der Waals surface area contributed by atoms with Gasteiger partial charge in [-0.25, -0.2) is 4.99 Å². The largest absolute Gasteiger partial charge is 0.456 e. The van der Waals surface area contributed by atoms with E-state index in [0.717, 1.165) is 50.2 Å². The smallest absolute Gasteiger partial charge is 0.135 e. The Labute approximate surface area is 226 Å². The fourth-order valence-electron chi connectivity index (χ4n) is 5.71. The van der Waals surface area contributed by atoms with Crippen LogP contribution in [0.5, 0.6) is 0 Å². The van der Waals surface area contributed by atoms with Crippen LogP contribution in [-0.2, 0) is 0 Å². The van der Waals surface area contributed by atoms with Crippen LogP contribution in [0.25, 0.3) is 43.8 Å². The van der Waals surface area contributed by atoms with E-state index in [1.807, 2.05) is 18.2 Å². The van der Waals surface area contributed by atoms with Crippen LogP contribution in [0.2, 0.25) is 0 Å². The summed E-state index contributed by atoms with van der Waals surface area (Å²) < 4.78 is 6.09. The molecule has 0 saturated carbocycles. The van der Waals surface area contributed by atoms with Gasteiger partial charge in [0.15, 0.2) is 0 Å². The minimum Gasteiger partial charge on any atom is -0.456 e. The minimum atomic E-state index is -0.0931. The summed E-state index contributed by atoms with van der Waals surface area (Å²) in [6, 6.07) is 46.7. The number of benzene rings is 6. The lowest BCUT2D eigenvalue weighted by Gasteiger charge is -2.28. The molecular weight excluding hydrogens is 476 g/mol. The zero-order chi connectivity index (χ0) is 25.8. The third-order valence-electron chi connectivity index (χ3n) is 7.72. The average molecular weight is 501 g/mol. The Balaban J connectivity index is 1.22. The highest BCUT2D eigenvalue weighted by Gasteiger charge is 2.26. The molecule has 1 atom stereocenters. The van der Waals surface area contributed by atoms with Gasteiger partial charge in [-0.05, 0) is 69.4 Å². The molecule has 3 heteroatoms.